The Kier molecular flexibility index (Phi) is 4.65. The van der Waals surface area contributed by atoms with Crippen molar-refractivity contribution in [2.24, 2.45) is 0 Å². The third-order valence-corrected chi connectivity index (χ3v) is 5.74. The first-order chi connectivity index (χ1) is 9.05. The summed E-state index contributed by atoms with van der Waals surface area (Å²) in [6.07, 6.45) is 7.01. The minimum absolute atomic E-state index is 0.154. The summed E-state index contributed by atoms with van der Waals surface area (Å²) in [5.74, 6) is 0. The van der Waals surface area contributed by atoms with Crippen molar-refractivity contribution in [1.82, 2.24) is 14.6 Å². The average Bonchev–Trinajstić information content (AvgIpc) is 2.89. The van der Waals surface area contributed by atoms with E-state index in [2.05, 4.69) is 10.3 Å². The van der Waals surface area contributed by atoms with Gasteiger partial charge in [-0.3, -0.25) is 0 Å². The molecule has 1 aromatic rings. The molecule has 1 aliphatic carbocycles. The van der Waals surface area contributed by atoms with Gasteiger partial charge in [-0.2, -0.15) is 4.31 Å². The van der Waals surface area contributed by atoms with Crippen LogP contribution in [0.2, 0.25) is 0 Å². The zero-order valence-corrected chi connectivity index (χ0v) is 12.5. The third-order valence-electron chi connectivity index (χ3n) is 3.85. The van der Waals surface area contributed by atoms with Gasteiger partial charge in [0.25, 0.3) is 0 Å². The van der Waals surface area contributed by atoms with E-state index in [4.69, 9.17) is 0 Å². The van der Waals surface area contributed by atoms with Crippen LogP contribution < -0.4 is 5.32 Å². The molecular formula is C13H23N3O2S. The molecule has 1 saturated carbocycles. The van der Waals surface area contributed by atoms with E-state index in [1.165, 1.54) is 6.42 Å². The lowest BCUT2D eigenvalue weighted by Crippen LogP contribution is -2.38. The fourth-order valence-electron chi connectivity index (χ4n) is 2.67. The smallest absolute Gasteiger partial charge is 0.244 e. The van der Waals surface area contributed by atoms with Gasteiger partial charge in [0.2, 0.25) is 10.0 Å². The summed E-state index contributed by atoms with van der Waals surface area (Å²) in [5, 5.41) is 3.00. The highest BCUT2D eigenvalue weighted by Gasteiger charge is 2.29. The van der Waals surface area contributed by atoms with Crippen LogP contribution in [0.5, 0.6) is 0 Å². The van der Waals surface area contributed by atoms with Gasteiger partial charge in [-0.15, -0.1) is 0 Å². The third kappa shape index (κ3) is 3.19. The molecule has 2 rings (SSSR count). The molecule has 0 bridgehead atoms. The van der Waals surface area contributed by atoms with Crippen molar-refractivity contribution in [2.45, 2.75) is 49.6 Å². The summed E-state index contributed by atoms with van der Waals surface area (Å²) < 4.78 is 26.6. The van der Waals surface area contributed by atoms with E-state index in [9.17, 15) is 8.42 Å². The van der Waals surface area contributed by atoms with Crippen LogP contribution in [-0.2, 0) is 16.6 Å². The largest absolute Gasteiger partial charge is 0.363 e. The van der Waals surface area contributed by atoms with Crippen LogP contribution in [-0.4, -0.2) is 37.8 Å². The second kappa shape index (κ2) is 6.07. The summed E-state index contributed by atoms with van der Waals surface area (Å²) in [5.41, 5.74) is 0.887. The van der Waals surface area contributed by atoms with Crippen LogP contribution in [0.3, 0.4) is 0 Å². The Morgan fingerprint density at radius 2 is 2.05 bits per heavy atom. The zero-order valence-electron chi connectivity index (χ0n) is 11.6. The molecule has 0 aliphatic heterocycles. The van der Waals surface area contributed by atoms with Crippen molar-refractivity contribution >= 4 is 10.0 Å². The Morgan fingerprint density at radius 1 is 1.37 bits per heavy atom. The van der Waals surface area contributed by atoms with Crippen LogP contribution in [0.1, 0.15) is 37.8 Å². The van der Waals surface area contributed by atoms with Crippen molar-refractivity contribution in [2.75, 3.05) is 14.1 Å². The summed E-state index contributed by atoms with van der Waals surface area (Å²) in [6.45, 7) is 0.642. The Morgan fingerprint density at radius 3 is 2.68 bits per heavy atom. The fourth-order valence-corrected chi connectivity index (χ4v) is 4.10. The standard InChI is InChI=1S/C13H23N3O2S/c1-14-9-11-8-13(10-15-11)19(17,18)16(2)12-6-4-3-5-7-12/h8,10,12,14-15H,3-7,9H2,1-2H3. The number of nitrogens with zero attached hydrogens (tertiary/aromatic N) is 1. The topological polar surface area (TPSA) is 65.2 Å². The average molecular weight is 285 g/mol. The lowest BCUT2D eigenvalue weighted by Gasteiger charge is -2.30. The summed E-state index contributed by atoms with van der Waals surface area (Å²) in [7, 11) is 0.179. The summed E-state index contributed by atoms with van der Waals surface area (Å²) in [4.78, 5) is 3.37. The molecule has 0 amide bonds. The van der Waals surface area contributed by atoms with Crippen LogP contribution in [0.15, 0.2) is 17.2 Å². The highest BCUT2D eigenvalue weighted by atomic mass is 32.2. The number of sulfonamides is 1. The molecule has 0 aromatic carbocycles. The molecule has 1 heterocycles. The number of aromatic amines is 1. The van der Waals surface area contributed by atoms with Crippen molar-refractivity contribution in [3.8, 4) is 0 Å². The first-order valence-electron chi connectivity index (χ1n) is 6.85. The van der Waals surface area contributed by atoms with E-state index in [0.29, 0.717) is 11.4 Å². The van der Waals surface area contributed by atoms with E-state index in [-0.39, 0.29) is 6.04 Å². The van der Waals surface area contributed by atoms with E-state index in [1.54, 1.807) is 23.6 Å². The molecule has 2 N–H and O–H groups in total. The quantitative estimate of drug-likeness (QED) is 0.865. The maximum Gasteiger partial charge on any atom is 0.244 e. The molecule has 0 unspecified atom stereocenters. The molecule has 0 saturated heterocycles. The molecule has 0 atom stereocenters. The first-order valence-corrected chi connectivity index (χ1v) is 8.29. The second-order valence-corrected chi connectivity index (χ2v) is 7.20. The molecule has 19 heavy (non-hydrogen) atoms. The van der Waals surface area contributed by atoms with E-state index in [1.807, 2.05) is 7.05 Å². The maximum absolute atomic E-state index is 12.5. The van der Waals surface area contributed by atoms with Crippen molar-refractivity contribution in [1.29, 1.82) is 0 Å². The monoisotopic (exact) mass is 285 g/mol. The molecule has 5 nitrogen and oxygen atoms in total. The predicted octanol–water partition coefficient (Wildman–Crippen LogP) is 1.69. The first kappa shape index (κ1) is 14.6. The van der Waals surface area contributed by atoms with Crippen LogP contribution in [0.4, 0.5) is 0 Å². The molecule has 1 fully saturated rings. The number of aromatic nitrogens is 1. The van der Waals surface area contributed by atoms with Crippen LogP contribution in [0.25, 0.3) is 0 Å². The second-order valence-electron chi connectivity index (χ2n) is 5.20. The predicted molar refractivity (Wildman–Crippen MR) is 75.4 cm³/mol. The SMILES string of the molecule is CNCc1cc(S(=O)(=O)N(C)C2CCCCC2)c[nH]1. The van der Waals surface area contributed by atoms with Gasteiger partial charge in [-0.25, -0.2) is 8.42 Å². The highest BCUT2D eigenvalue weighted by molar-refractivity contribution is 7.89. The Hall–Kier alpha value is -0.850. The van der Waals surface area contributed by atoms with E-state index >= 15 is 0 Å². The summed E-state index contributed by atoms with van der Waals surface area (Å²) in [6, 6.07) is 1.87. The maximum atomic E-state index is 12.5. The number of hydrogen-bond acceptors (Lipinski definition) is 3. The summed E-state index contributed by atoms with van der Waals surface area (Å²) >= 11 is 0. The van der Waals surface area contributed by atoms with Gasteiger partial charge in [0, 0.05) is 31.5 Å². The number of rotatable bonds is 5. The molecule has 1 aromatic heterocycles. The van der Waals surface area contributed by atoms with E-state index < -0.39 is 10.0 Å². The van der Waals surface area contributed by atoms with Gasteiger partial charge in [-0.1, -0.05) is 19.3 Å². The van der Waals surface area contributed by atoms with E-state index in [0.717, 1.165) is 31.4 Å². The van der Waals surface area contributed by atoms with Crippen molar-refractivity contribution in [3.63, 3.8) is 0 Å². The minimum atomic E-state index is -3.36. The van der Waals surface area contributed by atoms with Gasteiger partial charge in [0.1, 0.15) is 0 Å². The molecule has 108 valence electrons. The van der Waals surface area contributed by atoms with Gasteiger partial charge >= 0.3 is 0 Å². The van der Waals surface area contributed by atoms with Crippen molar-refractivity contribution in [3.05, 3.63) is 18.0 Å². The minimum Gasteiger partial charge on any atom is -0.363 e. The number of nitrogens with one attached hydrogen (secondary N) is 2. The number of hydrogen-bond donors (Lipinski definition) is 2. The lowest BCUT2D eigenvalue weighted by molar-refractivity contribution is 0.286. The highest BCUT2D eigenvalue weighted by Crippen LogP contribution is 2.26. The molecule has 1 aliphatic rings. The van der Waals surface area contributed by atoms with Gasteiger partial charge in [0.05, 0.1) is 4.90 Å². The molecule has 0 radical (unpaired) electrons. The van der Waals surface area contributed by atoms with Crippen LogP contribution >= 0.6 is 0 Å². The Labute approximate surface area is 115 Å². The van der Waals surface area contributed by atoms with Gasteiger partial charge in [-0.05, 0) is 26.0 Å². The molecule has 6 heteroatoms. The fraction of sp³-hybridized carbons (Fsp3) is 0.692. The molecule has 0 spiro atoms. The molecular weight excluding hydrogens is 262 g/mol. The zero-order chi connectivity index (χ0) is 13.9. The van der Waals surface area contributed by atoms with Crippen LogP contribution in [0, 0.1) is 0 Å². The Bertz CT molecular complexity index is 504. The normalized spacial score (nSPS) is 18.1. The number of H-pyrrole nitrogens is 1. The van der Waals surface area contributed by atoms with Gasteiger partial charge in [0.15, 0.2) is 0 Å². The lowest BCUT2D eigenvalue weighted by atomic mass is 9.96. The Balaban J connectivity index is 2.15. The van der Waals surface area contributed by atoms with Crippen molar-refractivity contribution < 1.29 is 8.42 Å². The van der Waals surface area contributed by atoms with Gasteiger partial charge < -0.3 is 10.3 Å².